The molecule has 28 heavy (non-hydrogen) atoms. The van der Waals surface area contributed by atoms with Crippen LogP contribution in [-0.2, 0) is 9.53 Å². The number of ether oxygens (including phenoxy) is 1. The maximum Gasteiger partial charge on any atom is 0.341 e. The van der Waals surface area contributed by atoms with E-state index in [9.17, 15) is 19.7 Å². The number of non-ortho nitro benzene ring substituents is 1. The predicted molar refractivity (Wildman–Crippen MR) is 106 cm³/mol. The molecule has 1 aliphatic rings. The van der Waals surface area contributed by atoms with Crippen LogP contribution in [0.1, 0.15) is 50.9 Å². The number of nitro groups is 1. The minimum absolute atomic E-state index is 0.0464. The van der Waals surface area contributed by atoms with Crippen LogP contribution in [0.2, 0.25) is 0 Å². The second kappa shape index (κ2) is 9.52. The van der Waals surface area contributed by atoms with Gasteiger partial charge in [0.2, 0.25) is 0 Å². The smallest absolute Gasteiger partial charge is 0.341 e. The Hall–Kier alpha value is -2.64. The van der Waals surface area contributed by atoms with Crippen molar-refractivity contribution in [1.82, 2.24) is 5.32 Å². The van der Waals surface area contributed by atoms with Crippen molar-refractivity contribution in [3.63, 3.8) is 0 Å². The summed E-state index contributed by atoms with van der Waals surface area (Å²) in [6, 6.07) is 4.16. The van der Waals surface area contributed by atoms with E-state index in [1.807, 2.05) is 25.7 Å². The lowest BCUT2D eigenvalue weighted by Gasteiger charge is -2.33. The fourth-order valence-corrected chi connectivity index (χ4v) is 3.00. The normalized spacial score (nSPS) is 16.0. The predicted octanol–water partition coefficient (Wildman–Crippen LogP) is 3.15. The first-order valence-electron chi connectivity index (χ1n) is 9.69. The standard InChI is InChI=1S/C20H29N3O5/c1-13(2)15(4)21-19(24)12-28-20(25)17-11-16(23(26)27)5-6-18(17)22-9-7-14(3)8-10-22/h5-6,11,13-15H,7-10,12H2,1-4H3,(H,21,24)/t15-/m1/s1. The van der Waals surface area contributed by atoms with Gasteiger partial charge in [0.25, 0.3) is 11.6 Å². The van der Waals surface area contributed by atoms with E-state index in [-0.39, 0.29) is 23.2 Å². The Labute approximate surface area is 165 Å². The van der Waals surface area contributed by atoms with Gasteiger partial charge in [0.1, 0.15) is 0 Å². The van der Waals surface area contributed by atoms with E-state index in [0.29, 0.717) is 11.6 Å². The van der Waals surface area contributed by atoms with Crippen LogP contribution in [0.3, 0.4) is 0 Å². The van der Waals surface area contributed by atoms with Crippen molar-refractivity contribution < 1.29 is 19.2 Å². The molecule has 1 heterocycles. The van der Waals surface area contributed by atoms with E-state index < -0.39 is 23.4 Å². The summed E-state index contributed by atoms with van der Waals surface area (Å²) in [5, 5.41) is 13.9. The van der Waals surface area contributed by atoms with Gasteiger partial charge in [-0.05, 0) is 37.7 Å². The number of carbonyl (C=O) groups excluding carboxylic acids is 2. The average molecular weight is 391 g/mol. The van der Waals surface area contributed by atoms with Crippen LogP contribution in [-0.4, -0.2) is 42.5 Å². The third-order valence-corrected chi connectivity index (χ3v) is 5.26. The van der Waals surface area contributed by atoms with Crippen molar-refractivity contribution in [2.24, 2.45) is 11.8 Å². The van der Waals surface area contributed by atoms with Gasteiger partial charge in [-0.15, -0.1) is 0 Å². The highest BCUT2D eigenvalue weighted by Crippen LogP contribution is 2.29. The zero-order valence-corrected chi connectivity index (χ0v) is 16.9. The number of piperidine rings is 1. The summed E-state index contributed by atoms with van der Waals surface area (Å²) < 4.78 is 5.16. The van der Waals surface area contributed by atoms with Gasteiger partial charge >= 0.3 is 5.97 Å². The molecule has 1 amide bonds. The van der Waals surface area contributed by atoms with Gasteiger partial charge in [0.15, 0.2) is 6.61 Å². The molecule has 2 rings (SSSR count). The molecule has 8 heteroatoms. The molecule has 0 aliphatic carbocycles. The van der Waals surface area contributed by atoms with Crippen molar-refractivity contribution in [3.8, 4) is 0 Å². The molecule has 1 atom stereocenters. The van der Waals surface area contributed by atoms with Crippen molar-refractivity contribution in [2.45, 2.75) is 46.6 Å². The van der Waals surface area contributed by atoms with Gasteiger partial charge in [0.05, 0.1) is 16.2 Å². The molecule has 8 nitrogen and oxygen atoms in total. The van der Waals surface area contributed by atoms with E-state index in [0.717, 1.165) is 25.9 Å². The van der Waals surface area contributed by atoms with E-state index in [1.165, 1.54) is 12.1 Å². The highest BCUT2D eigenvalue weighted by atomic mass is 16.6. The number of amides is 1. The Bertz CT molecular complexity index is 727. The zero-order valence-electron chi connectivity index (χ0n) is 16.9. The van der Waals surface area contributed by atoms with Gasteiger partial charge in [0, 0.05) is 31.3 Å². The number of nitro benzene ring substituents is 1. The van der Waals surface area contributed by atoms with Crippen LogP contribution in [0.15, 0.2) is 18.2 Å². The van der Waals surface area contributed by atoms with Crippen LogP contribution in [0.5, 0.6) is 0 Å². The summed E-state index contributed by atoms with van der Waals surface area (Å²) in [7, 11) is 0. The topological polar surface area (TPSA) is 102 Å². The molecule has 1 fully saturated rings. The number of rotatable bonds is 7. The minimum atomic E-state index is -0.732. The molecular formula is C20H29N3O5. The van der Waals surface area contributed by atoms with Gasteiger partial charge in [-0.1, -0.05) is 20.8 Å². The molecule has 0 spiro atoms. The molecule has 0 saturated carbocycles. The third-order valence-electron chi connectivity index (χ3n) is 5.26. The quantitative estimate of drug-likeness (QED) is 0.435. The second-order valence-corrected chi connectivity index (χ2v) is 7.80. The Balaban J connectivity index is 2.14. The van der Waals surface area contributed by atoms with Crippen LogP contribution < -0.4 is 10.2 Å². The lowest BCUT2D eigenvalue weighted by Crippen LogP contribution is -2.39. The summed E-state index contributed by atoms with van der Waals surface area (Å²) in [6.45, 7) is 9.13. The van der Waals surface area contributed by atoms with Crippen molar-refractivity contribution in [1.29, 1.82) is 0 Å². The third kappa shape index (κ3) is 5.68. The van der Waals surface area contributed by atoms with Crippen LogP contribution in [0.4, 0.5) is 11.4 Å². The fraction of sp³-hybridized carbons (Fsp3) is 0.600. The largest absolute Gasteiger partial charge is 0.452 e. The van der Waals surface area contributed by atoms with E-state index in [2.05, 4.69) is 12.2 Å². The summed E-state index contributed by atoms with van der Waals surface area (Å²) in [5.74, 6) is -0.265. The minimum Gasteiger partial charge on any atom is -0.452 e. The van der Waals surface area contributed by atoms with Crippen molar-refractivity contribution in [2.75, 3.05) is 24.6 Å². The maximum absolute atomic E-state index is 12.6. The second-order valence-electron chi connectivity index (χ2n) is 7.80. The first-order valence-corrected chi connectivity index (χ1v) is 9.69. The highest BCUT2D eigenvalue weighted by molar-refractivity contribution is 5.97. The molecule has 154 valence electrons. The number of esters is 1. The number of nitrogens with zero attached hydrogens (tertiary/aromatic N) is 2. The molecule has 0 unspecified atom stereocenters. The number of benzene rings is 1. The monoisotopic (exact) mass is 391 g/mol. The molecule has 1 aromatic carbocycles. The van der Waals surface area contributed by atoms with Gasteiger partial charge < -0.3 is 15.0 Å². The molecule has 1 saturated heterocycles. The summed E-state index contributed by atoms with van der Waals surface area (Å²) in [5.41, 5.74) is 0.547. The number of hydrogen-bond donors (Lipinski definition) is 1. The first kappa shape index (κ1) is 21.7. The molecule has 0 bridgehead atoms. The summed E-state index contributed by atoms with van der Waals surface area (Å²) in [4.78, 5) is 37.2. The number of carbonyl (C=O) groups is 2. The lowest BCUT2D eigenvalue weighted by molar-refractivity contribution is -0.384. The average Bonchev–Trinajstić information content (AvgIpc) is 2.66. The van der Waals surface area contributed by atoms with Crippen LogP contribution in [0.25, 0.3) is 0 Å². The first-order chi connectivity index (χ1) is 13.2. The Morgan fingerprint density at radius 1 is 1.29 bits per heavy atom. The summed E-state index contributed by atoms with van der Waals surface area (Å²) in [6.07, 6.45) is 1.97. The molecule has 1 aliphatic heterocycles. The van der Waals surface area contributed by atoms with E-state index >= 15 is 0 Å². The lowest BCUT2D eigenvalue weighted by atomic mass is 9.98. The Kier molecular flexibility index (Phi) is 7.37. The zero-order chi connectivity index (χ0) is 20.8. The van der Waals surface area contributed by atoms with E-state index in [1.54, 1.807) is 6.07 Å². The molecule has 0 radical (unpaired) electrons. The van der Waals surface area contributed by atoms with E-state index in [4.69, 9.17) is 4.74 Å². The Morgan fingerprint density at radius 2 is 1.93 bits per heavy atom. The maximum atomic E-state index is 12.6. The van der Waals surface area contributed by atoms with Crippen molar-refractivity contribution in [3.05, 3.63) is 33.9 Å². The molecule has 1 aromatic rings. The molecular weight excluding hydrogens is 362 g/mol. The SMILES string of the molecule is CC1CCN(c2ccc([N+](=O)[O-])cc2C(=O)OCC(=O)N[C@H](C)C(C)C)CC1. The number of anilines is 1. The van der Waals surface area contributed by atoms with Crippen molar-refractivity contribution >= 4 is 23.3 Å². The molecule has 1 N–H and O–H groups in total. The van der Waals surface area contributed by atoms with Crippen LogP contribution in [0, 0.1) is 22.0 Å². The van der Waals surface area contributed by atoms with Crippen LogP contribution >= 0.6 is 0 Å². The Morgan fingerprint density at radius 3 is 2.50 bits per heavy atom. The van der Waals surface area contributed by atoms with Gasteiger partial charge in [-0.3, -0.25) is 14.9 Å². The van der Waals surface area contributed by atoms with Gasteiger partial charge in [-0.25, -0.2) is 4.79 Å². The molecule has 0 aromatic heterocycles. The number of nitrogens with one attached hydrogen (secondary N) is 1. The summed E-state index contributed by atoms with van der Waals surface area (Å²) >= 11 is 0. The van der Waals surface area contributed by atoms with Gasteiger partial charge in [-0.2, -0.15) is 0 Å². The highest BCUT2D eigenvalue weighted by Gasteiger charge is 2.25. The number of hydrogen-bond acceptors (Lipinski definition) is 6. The fourth-order valence-electron chi connectivity index (χ4n) is 3.00.